The molecule has 0 aliphatic carbocycles. The van der Waals surface area contributed by atoms with Crippen molar-refractivity contribution in [2.24, 2.45) is 0 Å². The molecular formula is C14H8BrF3O. The van der Waals surface area contributed by atoms with Crippen molar-refractivity contribution in [3.63, 3.8) is 0 Å². The van der Waals surface area contributed by atoms with Gasteiger partial charge in [0.05, 0.1) is 10.0 Å². The smallest absolute Gasteiger partial charge is 0.170 e. The Morgan fingerprint density at radius 3 is 2.42 bits per heavy atom. The molecule has 0 saturated carbocycles. The lowest BCUT2D eigenvalue weighted by molar-refractivity contribution is 0.0987. The predicted octanol–water partition coefficient (Wildman–Crippen LogP) is 4.29. The molecule has 2 aromatic carbocycles. The zero-order valence-corrected chi connectivity index (χ0v) is 11.2. The number of ketones is 1. The molecule has 0 atom stereocenters. The van der Waals surface area contributed by atoms with Gasteiger partial charge >= 0.3 is 0 Å². The molecule has 0 aromatic heterocycles. The summed E-state index contributed by atoms with van der Waals surface area (Å²) in [5, 5.41) is 0. The first-order valence-corrected chi connectivity index (χ1v) is 6.20. The van der Waals surface area contributed by atoms with Gasteiger partial charge in [-0.25, -0.2) is 13.2 Å². The predicted molar refractivity (Wildman–Crippen MR) is 68.5 cm³/mol. The normalized spacial score (nSPS) is 10.5. The lowest BCUT2D eigenvalue weighted by atomic mass is 10.0. The fourth-order valence-electron chi connectivity index (χ4n) is 1.67. The second kappa shape index (κ2) is 5.57. The number of carbonyl (C=O) groups excluding carboxylic acids is 1. The van der Waals surface area contributed by atoms with Gasteiger partial charge in [-0.2, -0.15) is 0 Å². The zero-order chi connectivity index (χ0) is 14.0. The second-order valence-electron chi connectivity index (χ2n) is 3.91. The molecule has 0 spiro atoms. The summed E-state index contributed by atoms with van der Waals surface area (Å²) >= 11 is 2.96. The van der Waals surface area contributed by atoms with E-state index in [2.05, 4.69) is 15.9 Å². The Morgan fingerprint density at radius 2 is 1.68 bits per heavy atom. The molecule has 2 rings (SSSR count). The van der Waals surface area contributed by atoms with E-state index < -0.39 is 29.7 Å². The van der Waals surface area contributed by atoms with Crippen LogP contribution in [0.2, 0.25) is 0 Å². The molecule has 0 N–H and O–H groups in total. The first-order valence-electron chi connectivity index (χ1n) is 5.41. The molecule has 0 aliphatic rings. The molecule has 1 nitrogen and oxygen atoms in total. The lowest BCUT2D eigenvalue weighted by Gasteiger charge is -2.05. The summed E-state index contributed by atoms with van der Waals surface area (Å²) in [6.07, 6.45) is -0.392. The molecule has 19 heavy (non-hydrogen) atoms. The summed E-state index contributed by atoms with van der Waals surface area (Å²) < 4.78 is 40.3. The molecule has 0 bridgehead atoms. The van der Waals surface area contributed by atoms with E-state index in [0.717, 1.165) is 6.07 Å². The minimum Gasteiger partial charge on any atom is -0.294 e. The summed E-state index contributed by atoms with van der Waals surface area (Å²) in [5.41, 5.74) is -0.248. The monoisotopic (exact) mass is 328 g/mol. The highest BCUT2D eigenvalue weighted by atomic mass is 79.9. The number of hydrogen-bond acceptors (Lipinski definition) is 1. The van der Waals surface area contributed by atoms with Gasteiger partial charge in [-0.3, -0.25) is 4.79 Å². The van der Waals surface area contributed by atoms with E-state index in [1.165, 1.54) is 30.3 Å². The Balaban J connectivity index is 2.31. The number of benzene rings is 2. The number of Topliss-reactive ketones (excluding diaryl/α,β-unsaturated/α-hetero) is 1. The molecule has 98 valence electrons. The van der Waals surface area contributed by atoms with Crippen LogP contribution in [0.3, 0.4) is 0 Å². The van der Waals surface area contributed by atoms with Crippen molar-refractivity contribution < 1.29 is 18.0 Å². The minimum absolute atomic E-state index is 0.0932. The van der Waals surface area contributed by atoms with Gasteiger partial charge in [0.2, 0.25) is 0 Å². The van der Waals surface area contributed by atoms with Gasteiger partial charge in [0.25, 0.3) is 0 Å². The number of hydrogen-bond donors (Lipinski definition) is 0. The Bertz CT molecular complexity index is 641. The highest BCUT2D eigenvalue weighted by molar-refractivity contribution is 9.10. The number of carbonyl (C=O) groups is 1. The van der Waals surface area contributed by atoms with Gasteiger partial charge in [0, 0.05) is 6.42 Å². The zero-order valence-electron chi connectivity index (χ0n) is 9.59. The van der Waals surface area contributed by atoms with Gasteiger partial charge < -0.3 is 0 Å². The third-order valence-electron chi connectivity index (χ3n) is 2.63. The van der Waals surface area contributed by atoms with Crippen LogP contribution in [-0.2, 0) is 6.42 Å². The standard InChI is InChI=1S/C14H8BrF3O/c15-10-5-2-4-9(14(10)18)12(19)7-8-3-1-6-11(16)13(8)17/h1-6H,7H2. The fourth-order valence-corrected chi connectivity index (χ4v) is 2.04. The van der Waals surface area contributed by atoms with Crippen LogP contribution in [0.25, 0.3) is 0 Å². The van der Waals surface area contributed by atoms with Crippen molar-refractivity contribution in [3.05, 3.63) is 69.4 Å². The molecule has 0 aliphatic heterocycles. The lowest BCUT2D eigenvalue weighted by Crippen LogP contribution is -2.08. The first kappa shape index (κ1) is 13.8. The molecule has 0 radical (unpaired) electrons. The quantitative estimate of drug-likeness (QED) is 0.768. The maximum absolute atomic E-state index is 13.7. The van der Waals surface area contributed by atoms with Gasteiger partial charge in [-0.05, 0) is 39.7 Å². The molecule has 2 aromatic rings. The van der Waals surface area contributed by atoms with Crippen molar-refractivity contribution in [2.45, 2.75) is 6.42 Å². The molecule has 5 heteroatoms. The van der Waals surface area contributed by atoms with E-state index in [1.54, 1.807) is 0 Å². The highest BCUT2D eigenvalue weighted by Gasteiger charge is 2.17. The van der Waals surface area contributed by atoms with Crippen molar-refractivity contribution in [3.8, 4) is 0 Å². The van der Waals surface area contributed by atoms with Gasteiger partial charge in [0.15, 0.2) is 17.4 Å². The average Bonchev–Trinajstić information content (AvgIpc) is 2.38. The van der Waals surface area contributed by atoms with Crippen LogP contribution >= 0.6 is 15.9 Å². The van der Waals surface area contributed by atoms with Crippen LogP contribution in [0.1, 0.15) is 15.9 Å². The van der Waals surface area contributed by atoms with Gasteiger partial charge in [-0.15, -0.1) is 0 Å². The Kier molecular flexibility index (Phi) is 4.04. The van der Waals surface area contributed by atoms with Gasteiger partial charge in [0.1, 0.15) is 5.82 Å². The Morgan fingerprint density at radius 1 is 1.00 bits per heavy atom. The molecule has 0 amide bonds. The maximum Gasteiger partial charge on any atom is 0.170 e. The van der Waals surface area contributed by atoms with Crippen molar-refractivity contribution in [2.75, 3.05) is 0 Å². The minimum atomic E-state index is -1.08. The van der Waals surface area contributed by atoms with E-state index >= 15 is 0 Å². The van der Waals surface area contributed by atoms with Crippen LogP contribution in [0.5, 0.6) is 0 Å². The average molecular weight is 329 g/mol. The summed E-state index contributed by atoms with van der Waals surface area (Å²) in [5.74, 6) is -3.42. The van der Waals surface area contributed by atoms with Crippen LogP contribution in [-0.4, -0.2) is 5.78 Å². The summed E-state index contributed by atoms with van der Waals surface area (Å²) in [6, 6.07) is 7.82. The fraction of sp³-hybridized carbons (Fsp3) is 0.0714. The molecule has 0 unspecified atom stereocenters. The van der Waals surface area contributed by atoms with E-state index in [4.69, 9.17) is 0 Å². The molecule has 0 fully saturated rings. The SMILES string of the molecule is O=C(Cc1cccc(F)c1F)c1cccc(Br)c1F. The highest BCUT2D eigenvalue weighted by Crippen LogP contribution is 2.21. The molecule has 0 heterocycles. The van der Waals surface area contributed by atoms with E-state index in [-0.39, 0.29) is 15.6 Å². The van der Waals surface area contributed by atoms with Crippen LogP contribution in [0.15, 0.2) is 40.9 Å². The van der Waals surface area contributed by atoms with Crippen LogP contribution in [0.4, 0.5) is 13.2 Å². The molecule has 0 saturated heterocycles. The number of halogens is 4. The van der Waals surface area contributed by atoms with E-state index in [1.807, 2.05) is 0 Å². The van der Waals surface area contributed by atoms with Gasteiger partial charge in [-0.1, -0.05) is 18.2 Å². The topological polar surface area (TPSA) is 17.1 Å². The summed E-state index contributed by atoms with van der Waals surface area (Å²) in [6.45, 7) is 0. The Labute approximate surface area is 116 Å². The third-order valence-corrected chi connectivity index (χ3v) is 3.25. The number of rotatable bonds is 3. The summed E-state index contributed by atoms with van der Waals surface area (Å²) in [7, 11) is 0. The van der Waals surface area contributed by atoms with E-state index in [9.17, 15) is 18.0 Å². The first-order chi connectivity index (χ1) is 9.00. The van der Waals surface area contributed by atoms with Crippen LogP contribution < -0.4 is 0 Å². The van der Waals surface area contributed by atoms with Crippen LogP contribution in [0, 0.1) is 17.5 Å². The second-order valence-corrected chi connectivity index (χ2v) is 4.77. The van der Waals surface area contributed by atoms with Crippen molar-refractivity contribution in [1.29, 1.82) is 0 Å². The van der Waals surface area contributed by atoms with Crippen molar-refractivity contribution >= 4 is 21.7 Å². The maximum atomic E-state index is 13.7. The summed E-state index contributed by atoms with van der Waals surface area (Å²) in [4.78, 5) is 11.9. The molecular weight excluding hydrogens is 321 g/mol. The van der Waals surface area contributed by atoms with E-state index in [0.29, 0.717) is 0 Å². The Hall–Kier alpha value is -1.62. The third kappa shape index (κ3) is 2.87. The largest absolute Gasteiger partial charge is 0.294 e. The van der Waals surface area contributed by atoms with Crippen molar-refractivity contribution in [1.82, 2.24) is 0 Å².